The number of thiazole rings is 1. The molecule has 4 nitrogen and oxygen atoms in total. The fourth-order valence-electron chi connectivity index (χ4n) is 1.69. The normalized spacial score (nSPS) is 16.8. The smallest absolute Gasteiger partial charge is 0.273 e. The second-order valence-corrected chi connectivity index (χ2v) is 6.43. The van der Waals surface area contributed by atoms with Gasteiger partial charge in [-0.15, -0.1) is 0 Å². The van der Waals surface area contributed by atoms with E-state index in [0.29, 0.717) is 24.7 Å². The second kappa shape index (κ2) is 4.64. The van der Waals surface area contributed by atoms with Gasteiger partial charge >= 0.3 is 0 Å². The Morgan fingerprint density at radius 3 is 2.82 bits per heavy atom. The Morgan fingerprint density at radius 1 is 1.59 bits per heavy atom. The zero-order valence-electron chi connectivity index (χ0n) is 10.5. The number of aromatic nitrogens is 1. The number of ether oxygens (including phenoxy) is 1. The highest BCUT2D eigenvalue weighted by atomic mass is 32.1. The third-order valence-electron chi connectivity index (χ3n) is 2.56. The lowest BCUT2D eigenvalue weighted by molar-refractivity contribution is -0.141. The van der Waals surface area contributed by atoms with Gasteiger partial charge < -0.3 is 9.64 Å². The molecule has 1 aromatic heterocycles. The summed E-state index contributed by atoms with van der Waals surface area (Å²) < 4.78 is 5.61. The van der Waals surface area contributed by atoms with E-state index in [9.17, 15) is 4.79 Å². The van der Waals surface area contributed by atoms with Gasteiger partial charge in [-0.05, 0) is 5.41 Å². The summed E-state index contributed by atoms with van der Waals surface area (Å²) >= 11 is 1.48. The lowest BCUT2D eigenvalue weighted by Gasteiger charge is -2.39. The van der Waals surface area contributed by atoms with Gasteiger partial charge in [0.1, 0.15) is 6.10 Å². The number of hydrogen-bond donors (Lipinski definition) is 0. The van der Waals surface area contributed by atoms with Crippen molar-refractivity contribution >= 4 is 17.2 Å². The fourth-order valence-corrected chi connectivity index (χ4v) is 2.24. The molecule has 0 aliphatic carbocycles. The molecule has 0 unspecified atom stereocenters. The number of hydrogen-bond acceptors (Lipinski definition) is 4. The molecule has 1 fully saturated rings. The molecule has 0 atom stereocenters. The summed E-state index contributed by atoms with van der Waals surface area (Å²) in [6.45, 7) is 7.61. The Labute approximate surface area is 106 Å². The Kier molecular flexibility index (Phi) is 3.38. The van der Waals surface area contributed by atoms with Gasteiger partial charge in [0.25, 0.3) is 5.19 Å². The molecular formula is C12H18N2O2S. The molecule has 0 spiro atoms. The summed E-state index contributed by atoms with van der Waals surface area (Å²) in [7, 11) is 0. The van der Waals surface area contributed by atoms with E-state index in [1.54, 1.807) is 6.20 Å². The van der Waals surface area contributed by atoms with E-state index < -0.39 is 0 Å². The quantitative estimate of drug-likeness (QED) is 0.830. The van der Waals surface area contributed by atoms with Gasteiger partial charge in [0.05, 0.1) is 13.1 Å². The minimum atomic E-state index is 0.0539. The summed E-state index contributed by atoms with van der Waals surface area (Å²) in [6, 6.07) is 0. The first kappa shape index (κ1) is 12.4. The van der Waals surface area contributed by atoms with Gasteiger partial charge in [0.2, 0.25) is 5.91 Å². The fraction of sp³-hybridized carbons (Fsp3) is 0.667. The van der Waals surface area contributed by atoms with Crippen molar-refractivity contribution < 1.29 is 9.53 Å². The Morgan fingerprint density at radius 2 is 2.29 bits per heavy atom. The van der Waals surface area contributed by atoms with Crippen molar-refractivity contribution in [2.24, 2.45) is 5.41 Å². The van der Waals surface area contributed by atoms with Crippen molar-refractivity contribution in [2.45, 2.75) is 33.3 Å². The highest BCUT2D eigenvalue weighted by molar-refractivity contribution is 7.11. The van der Waals surface area contributed by atoms with E-state index in [4.69, 9.17) is 4.74 Å². The largest absolute Gasteiger partial charge is 0.463 e. The zero-order chi connectivity index (χ0) is 12.5. The predicted molar refractivity (Wildman–Crippen MR) is 67.2 cm³/mol. The van der Waals surface area contributed by atoms with Gasteiger partial charge in [-0.25, -0.2) is 4.98 Å². The lowest BCUT2D eigenvalue weighted by Crippen LogP contribution is -2.56. The van der Waals surface area contributed by atoms with Crippen LogP contribution in [0, 0.1) is 5.41 Å². The van der Waals surface area contributed by atoms with E-state index in [2.05, 4.69) is 25.8 Å². The first-order chi connectivity index (χ1) is 7.94. The number of likely N-dealkylation sites (tertiary alicyclic amines) is 1. The standard InChI is InChI=1S/C12H18N2O2S/c1-12(2,3)6-10(15)14-7-9(8-14)16-11-13-4-5-17-11/h4-5,9H,6-8H2,1-3H3. The zero-order valence-corrected chi connectivity index (χ0v) is 11.3. The van der Waals surface area contributed by atoms with E-state index in [0.717, 1.165) is 0 Å². The minimum absolute atomic E-state index is 0.0539. The van der Waals surface area contributed by atoms with Crippen LogP contribution < -0.4 is 4.74 Å². The first-order valence-electron chi connectivity index (χ1n) is 5.78. The van der Waals surface area contributed by atoms with Crippen LogP contribution in [0.4, 0.5) is 0 Å². The third kappa shape index (κ3) is 3.43. The summed E-state index contributed by atoms with van der Waals surface area (Å²) in [6.07, 6.45) is 2.43. The SMILES string of the molecule is CC(C)(C)CC(=O)N1CC(Oc2nccs2)C1. The van der Waals surface area contributed by atoms with E-state index in [1.807, 2.05) is 10.3 Å². The average molecular weight is 254 g/mol. The Balaban J connectivity index is 1.73. The molecule has 1 amide bonds. The van der Waals surface area contributed by atoms with Crippen molar-refractivity contribution in [3.05, 3.63) is 11.6 Å². The van der Waals surface area contributed by atoms with Crippen molar-refractivity contribution in [1.82, 2.24) is 9.88 Å². The van der Waals surface area contributed by atoms with Crippen LogP contribution >= 0.6 is 11.3 Å². The maximum Gasteiger partial charge on any atom is 0.273 e. The summed E-state index contributed by atoms with van der Waals surface area (Å²) in [5.41, 5.74) is 0.0539. The van der Waals surface area contributed by atoms with Crippen LogP contribution in [-0.2, 0) is 4.79 Å². The number of amides is 1. The van der Waals surface area contributed by atoms with Gasteiger partial charge in [0.15, 0.2) is 0 Å². The van der Waals surface area contributed by atoms with Crippen molar-refractivity contribution in [1.29, 1.82) is 0 Å². The van der Waals surface area contributed by atoms with Gasteiger partial charge in [0, 0.05) is 18.0 Å². The van der Waals surface area contributed by atoms with Crippen molar-refractivity contribution in [2.75, 3.05) is 13.1 Å². The van der Waals surface area contributed by atoms with Gasteiger partial charge in [-0.3, -0.25) is 4.79 Å². The Bertz CT molecular complexity index is 378. The van der Waals surface area contributed by atoms with Crippen molar-refractivity contribution in [3.63, 3.8) is 0 Å². The number of rotatable bonds is 3. The van der Waals surface area contributed by atoms with Crippen LogP contribution in [0.15, 0.2) is 11.6 Å². The van der Waals surface area contributed by atoms with Crippen LogP contribution in [0.2, 0.25) is 0 Å². The molecule has 17 heavy (non-hydrogen) atoms. The highest BCUT2D eigenvalue weighted by Crippen LogP contribution is 2.24. The molecule has 5 heteroatoms. The molecule has 1 saturated heterocycles. The molecule has 1 aliphatic rings. The van der Waals surface area contributed by atoms with Gasteiger partial charge in [-0.2, -0.15) is 0 Å². The molecule has 0 aromatic carbocycles. The minimum Gasteiger partial charge on any atom is -0.463 e. The topological polar surface area (TPSA) is 42.4 Å². The molecule has 0 radical (unpaired) electrons. The molecule has 94 valence electrons. The summed E-state index contributed by atoms with van der Waals surface area (Å²) in [5, 5.41) is 2.58. The van der Waals surface area contributed by atoms with E-state index in [1.165, 1.54) is 11.3 Å². The molecule has 1 aliphatic heterocycles. The van der Waals surface area contributed by atoms with Crippen LogP contribution in [0.1, 0.15) is 27.2 Å². The number of nitrogens with zero attached hydrogens (tertiary/aromatic N) is 2. The number of carbonyl (C=O) groups excluding carboxylic acids is 1. The molecule has 0 bridgehead atoms. The molecule has 0 saturated carbocycles. The van der Waals surface area contributed by atoms with Crippen LogP contribution in [-0.4, -0.2) is 35.0 Å². The predicted octanol–water partition coefficient (Wildman–Crippen LogP) is 2.17. The van der Waals surface area contributed by atoms with Crippen LogP contribution in [0.25, 0.3) is 0 Å². The Hall–Kier alpha value is -1.10. The van der Waals surface area contributed by atoms with Crippen LogP contribution in [0.3, 0.4) is 0 Å². The van der Waals surface area contributed by atoms with Crippen LogP contribution in [0.5, 0.6) is 5.19 Å². The number of carbonyl (C=O) groups is 1. The highest BCUT2D eigenvalue weighted by Gasteiger charge is 2.34. The maximum atomic E-state index is 11.8. The molecular weight excluding hydrogens is 236 g/mol. The summed E-state index contributed by atoms with van der Waals surface area (Å²) in [5.74, 6) is 0.219. The molecule has 1 aromatic rings. The third-order valence-corrected chi connectivity index (χ3v) is 3.22. The average Bonchev–Trinajstić information content (AvgIpc) is 2.59. The second-order valence-electron chi connectivity index (χ2n) is 5.57. The monoisotopic (exact) mass is 254 g/mol. The lowest BCUT2D eigenvalue weighted by atomic mass is 9.91. The van der Waals surface area contributed by atoms with Gasteiger partial charge in [-0.1, -0.05) is 32.1 Å². The first-order valence-corrected chi connectivity index (χ1v) is 6.66. The van der Waals surface area contributed by atoms with E-state index in [-0.39, 0.29) is 17.4 Å². The summed E-state index contributed by atoms with van der Waals surface area (Å²) in [4.78, 5) is 17.8. The maximum absolute atomic E-state index is 11.8. The molecule has 2 heterocycles. The van der Waals surface area contributed by atoms with E-state index >= 15 is 0 Å². The molecule has 2 rings (SSSR count). The molecule has 0 N–H and O–H groups in total. The van der Waals surface area contributed by atoms with Crippen molar-refractivity contribution in [3.8, 4) is 5.19 Å².